The Balaban J connectivity index is 1.97. The predicted molar refractivity (Wildman–Crippen MR) is 33.0 cm³/mol. The summed E-state index contributed by atoms with van der Waals surface area (Å²) in [5.41, 5.74) is 8.89. The van der Waals surface area contributed by atoms with Crippen LogP contribution in [0.4, 0.5) is 0 Å². The molecule has 2 unspecified atom stereocenters. The zero-order valence-electron chi connectivity index (χ0n) is 5.07. The van der Waals surface area contributed by atoms with Crippen molar-refractivity contribution in [2.45, 2.75) is 12.3 Å². The molecule has 52 valence electrons. The van der Waals surface area contributed by atoms with Crippen LogP contribution >= 0.6 is 0 Å². The first kappa shape index (κ1) is 5.57. The summed E-state index contributed by atoms with van der Waals surface area (Å²) >= 11 is 0. The molecule has 0 aliphatic carbocycles. The van der Waals surface area contributed by atoms with Gasteiger partial charge in [0, 0.05) is 13.1 Å². The van der Waals surface area contributed by atoms with Crippen LogP contribution in [0.1, 0.15) is 0 Å². The molecule has 0 aromatic heterocycles. The normalized spacial score (nSPS) is 42.7. The van der Waals surface area contributed by atoms with Gasteiger partial charge in [-0.1, -0.05) is 0 Å². The van der Waals surface area contributed by atoms with Crippen molar-refractivity contribution < 1.29 is 0 Å². The highest BCUT2D eigenvalue weighted by atomic mass is 15.7. The minimum atomic E-state index is 0.332. The molecule has 9 heavy (non-hydrogen) atoms. The van der Waals surface area contributed by atoms with Gasteiger partial charge in [-0.2, -0.15) is 5.53 Å². The molecule has 0 radical (unpaired) electrons. The molecule has 0 amide bonds. The molecule has 0 aromatic rings. The summed E-state index contributed by atoms with van der Waals surface area (Å²) in [7, 11) is 0. The molecule has 2 aliphatic rings. The molecule has 0 bridgehead atoms. The number of nitrogens with one attached hydrogen (secondary N) is 5. The minimum Gasteiger partial charge on any atom is -0.297 e. The van der Waals surface area contributed by atoms with Gasteiger partial charge in [0.2, 0.25) is 0 Å². The SMILES string of the molecule is C1CNC2NNNC2N1. The molecule has 2 fully saturated rings. The van der Waals surface area contributed by atoms with Crippen LogP contribution in [0, 0.1) is 0 Å². The first-order valence-electron chi connectivity index (χ1n) is 3.20. The third-order valence-corrected chi connectivity index (χ3v) is 1.64. The summed E-state index contributed by atoms with van der Waals surface area (Å²) in [5.74, 6) is 0. The second-order valence-corrected chi connectivity index (χ2v) is 2.28. The zero-order valence-corrected chi connectivity index (χ0v) is 5.07. The van der Waals surface area contributed by atoms with E-state index in [-0.39, 0.29) is 0 Å². The van der Waals surface area contributed by atoms with Crippen molar-refractivity contribution in [2.75, 3.05) is 13.1 Å². The summed E-state index contributed by atoms with van der Waals surface area (Å²) in [6, 6.07) is 0. The lowest BCUT2D eigenvalue weighted by Crippen LogP contribution is -2.59. The molecule has 0 spiro atoms. The van der Waals surface area contributed by atoms with Crippen LogP contribution in [0.2, 0.25) is 0 Å². The van der Waals surface area contributed by atoms with Crippen LogP contribution in [0.25, 0.3) is 0 Å². The van der Waals surface area contributed by atoms with Crippen LogP contribution in [0.5, 0.6) is 0 Å². The molecular formula is C4H11N5. The Morgan fingerprint density at radius 3 is 2.00 bits per heavy atom. The van der Waals surface area contributed by atoms with E-state index < -0.39 is 0 Å². The van der Waals surface area contributed by atoms with Crippen LogP contribution in [0.15, 0.2) is 0 Å². The molecule has 5 nitrogen and oxygen atoms in total. The van der Waals surface area contributed by atoms with Crippen molar-refractivity contribution in [3.8, 4) is 0 Å². The highest BCUT2D eigenvalue weighted by Gasteiger charge is 2.27. The summed E-state index contributed by atoms with van der Waals surface area (Å²) in [5, 5.41) is 6.56. The van der Waals surface area contributed by atoms with Crippen molar-refractivity contribution in [2.24, 2.45) is 0 Å². The summed E-state index contributed by atoms with van der Waals surface area (Å²) in [6.07, 6.45) is 0.664. The standard InChI is InChI=1S/C4H11N5/c1-2-6-4-3(5-1)7-9-8-4/h3-9H,1-2H2. The van der Waals surface area contributed by atoms with E-state index in [2.05, 4.69) is 27.0 Å². The summed E-state index contributed by atoms with van der Waals surface area (Å²) in [4.78, 5) is 0. The lowest BCUT2D eigenvalue weighted by atomic mass is 10.3. The molecule has 5 N–H and O–H groups in total. The predicted octanol–water partition coefficient (Wildman–Crippen LogP) is -2.56. The number of piperazine rings is 1. The second kappa shape index (κ2) is 2.20. The summed E-state index contributed by atoms with van der Waals surface area (Å²) in [6.45, 7) is 2.05. The van der Waals surface area contributed by atoms with Gasteiger partial charge < -0.3 is 0 Å². The van der Waals surface area contributed by atoms with Crippen molar-refractivity contribution in [3.05, 3.63) is 0 Å². The maximum Gasteiger partial charge on any atom is 0.102 e. The van der Waals surface area contributed by atoms with Crippen molar-refractivity contribution >= 4 is 0 Å². The summed E-state index contributed by atoms with van der Waals surface area (Å²) < 4.78 is 0. The van der Waals surface area contributed by atoms with Gasteiger partial charge in [-0.25, -0.2) is 10.9 Å². The smallest absolute Gasteiger partial charge is 0.102 e. The lowest BCUT2D eigenvalue weighted by Gasteiger charge is -2.25. The van der Waals surface area contributed by atoms with Crippen molar-refractivity contribution in [3.63, 3.8) is 0 Å². The lowest BCUT2D eigenvalue weighted by molar-refractivity contribution is 0.324. The third-order valence-electron chi connectivity index (χ3n) is 1.64. The van der Waals surface area contributed by atoms with E-state index in [4.69, 9.17) is 0 Å². The van der Waals surface area contributed by atoms with Crippen LogP contribution < -0.4 is 27.0 Å². The Hall–Kier alpha value is -0.200. The Kier molecular flexibility index (Phi) is 1.36. The Bertz CT molecular complexity index is 93.1. The van der Waals surface area contributed by atoms with Gasteiger partial charge in [0.05, 0.1) is 0 Å². The first-order valence-corrected chi connectivity index (χ1v) is 3.20. The monoisotopic (exact) mass is 129 g/mol. The van der Waals surface area contributed by atoms with Gasteiger partial charge in [0.15, 0.2) is 0 Å². The van der Waals surface area contributed by atoms with E-state index in [0.717, 1.165) is 13.1 Å². The molecule has 2 aliphatic heterocycles. The highest BCUT2D eigenvalue weighted by molar-refractivity contribution is 4.84. The van der Waals surface area contributed by atoms with E-state index in [0.29, 0.717) is 12.3 Å². The van der Waals surface area contributed by atoms with Gasteiger partial charge in [0.25, 0.3) is 0 Å². The van der Waals surface area contributed by atoms with Crippen molar-refractivity contribution in [1.82, 2.24) is 27.0 Å². The van der Waals surface area contributed by atoms with Gasteiger partial charge in [-0.05, 0) is 0 Å². The number of fused-ring (bicyclic) bond motifs is 1. The average Bonchev–Trinajstić information content (AvgIpc) is 2.33. The van der Waals surface area contributed by atoms with E-state index in [1.165, 1.54) is 0 Å². The Morgan fingerprint density at radius 1 is 0.889 bits per heavy atom. The maximum absolute atomic E-state index is 3.28. The second-order valence-electron chi connectivity index (χ2n) is 2.28. The Morgan fingerprint density at radius 2 is 1.44 bits per heavy atom. The molecule has 2 heterocycles. The van der Waals surface area contributed by atoms with E-state index in [9.17, 15) is 0 Å². The number of hydrazine groups is 2. The van der Waals surface area contributed by atoms with Gasteiger partial charge >= 0.3 is 0 Å². The van der Waals surface area contributed by atoms with Crippen LogP contribution in [0.3, 0.4) is 0 Å². The number of hydrogen-bond donors (Lipinski definition) is 5. The molecule has 5 heteroatoms. The molecule has 2 rings (SSSR count). The molecule has 0 saturated carbocycles. The van der Waals surface area contributed by atoms with E-state index >= 15 is 0 Å². The van der Waals surface area contributed by atoms with Gasteiger partial charge in [0.1, 0.15) is 12.3 Å². The van der Waals surface area contributed by atoms with Crippen LogP contribution in [-0.4, -0.2) is 25.4 Å². The quantitative estimate of drug-likeness (QED) is 0.249. The fraction of sp³-hybridized carbons (Fsp3) is 1.00. The minimum absolute atomic E-state index is 0.332. The van der Waals surface area contributed by atoms with E-state index in [1.807, 2.05) is 0 Å². The van der Waals surface area contributed by atoms with E-state index in [1.54, 1.807) is 0 Å². The highest BCUT2D eigenvalue weighted by Crippen LogP contribution is 1.92. The number of hydrogen-bond acceptors (Lipinski definition) is 5. The fourth-order valence-electron chi connectivity index (χ4n) is 1.16. The Labute approximate surface area is 53.5 Å². The fourth-order valence-corrected chi connectivity index (χ4v) is 1.16. The average molecular weight is 129 g/mol. The molecule has 2 saturated heterocycles. The van der Waals surface area contributed by atoms with Gasteiger partial charge in [-0.3, -0.25) is 10.6 Å². The zero-order chi connectivity index (χ0) is 6.10. The first-order chi connectivity index (χ1) is 4.47. The van der Waals surface area contributed by atoms with Gasteiger partial charge in [-0.15, -0.1) is 0 Å². The largest absolute Gasteiger partial charge is 0.297 e. The van der Waals surface area contributed by atoms with Crippen molar-refractivity contribution in [1.29, 1.82) is 0 Å². The molecule has 0 aromatic carbocycles. The topological polar surface area (TPSA) is 60.1 Å². The maximum atomic E-state index is 3.28. The molecule has 2 atom stereocenters. The third kappa shape index (κ3) is 0.930. The number of rotatable bonds is 0. The van der Waals surface area contributed by atoms with Crippen LogP contribution in [-0.2, 0) is 0 Å². The molecular weight excluding hydrogens is 118 g/mol.